The van der Waals surface area contributed by atoms with Crippen LogP contribution in [0.2, 0.25) is 0 Å². The van der Waals surface area contributed by atoms with E-state index in [-0.39, 0.29) is 72.0 Å². The summed E-state index contributed by atoms with van der Waals surface area (Å²) in [6.07, 6.45) is -2.22. The summed E-state index contributed by atoms with van der Waals surface area (Å²) in [5.74, 6) is -0.837. The molecule has 0 aromatic carbocycles. The second-order valence-corrected chi connectivity index (χ2v) is 4.47. The van der Waals surface area contributed by atoms with Crippen LogP contribution in [-0.4, -0.2) is 62.9 Å². The molecule has 1 radical (unpaired) electrons. The Kier molecular flexibility index (Phi) is 12.1. The number of hydrogen-bond donors (Lipinski definition) is 0. The van der Waals surface area contributed by atoms with Gasteiger partial charge in [0, 0.05) is 32.7 Å². The van der Waals surface area contributed by atoms with Gasteiger partial charge in [-0.25, -0.2) is 9.59 Å². The predicted octanol–water partition coefficient (Wildman–Crippen LogP) is 0.576. The molecule has 2 aliphatic rings. The Balaban J connectivity index is 0.000000443. The van der Waals surface area contributed by atoms with Crippen LogP contribution >= 0.6 is 0 Å². The Labute approximate surface area is 169 Å². The molecule has 0 aromatic rings. The molecule has 2 aliphatic heterocycles. The summed E-state index contributed by atoms with van der Waals surface area (Å²) in [5.41, 5.74) is 0. The molecule has 0 amide bonds. The fourth-order valence-electron chi connectivity index (χ4n) is 1.41. The van der Waals surface area contributed by atoms with Gasteiger partial charge < -0.3 is 42.3 Å². The molecule has 0 aromatic heterocycles. The molecular weight excluding hydrogens is 417 g/mol. The minimum absolute atomic E-state index is 0. The van der Waals surface area contributed by atoms with Gasteiger partial charge in [-0.1, -0.05) is 12.8 Å². The molecule has 2 fully saturated rings. The third kappa shape index (κ3) is 10.2. The molecule has 2 atom stereocenters. The number of carbonyl (C=O) groups excluding carboxylic acids is 4. The minimum Gasteiger partial charge on any atom is -0.463 e. The molecule has 2 saturated heterocycles. The van der Waals surface area contributed by atoms with E-state index in [1.54, 1.807) is 0 Å². The topological polar surface area (TPSA) is 124 Å². The third-order valence-electron chi connectivity index (χ3n) is 2.57. The summed E-state index contributed by atoms with van der Waals surface area (Å²) < 4.78 is 27.5. The first-order valence-electron chi connectivity index (χ1n) is 7.01. The van der Waals surface area contributed by atoms with E-state index in [0.29, 0.717) is 0 Å². The zero-order chi connectivity index (χ0) is 17.9. The van der Waals surface area contributed by atoms with Gasteiger partial charge in [0.05, 0.1) is 0 Å². The molecular formula is C14H18O10Y-2. The first-order chi connectivity index (χ1) is 11.4. The fourth-order valence-corrected chi connectivity index (χ4v) is 1.41. The third-order valence-corrected chi connectivity index (χ3v) is 2.57. The zero-order valence-electron chi connectivity index (χ0n) is 13.5. The van der Waals surface area contributed by atoms with Crippen LogP contribution in [0.15, 0.2) is 0 Å². The molecule has 0 N–H and O–H groups in total. The van der Waals surface area contributed by atoms with Crippen molar-refractivity contribution in [3.8, 4) is 0 Å². The van der Waals surface area contributed by atoms with Gasteiger partial charge in [0.1, 0.15) is 26.4 Å². The van der Waals surface area contributed by atoms with Gasteiger partial charge >= 0.3 is 12.3 Å². The number of cyclic esters (lactones) is 4. The van der Waals surface area contributed by atoms with Crippen molar-refractivity contribution >= 4 is 24.2 Å². The summed E-state index contributed by atoms with van der Waals surface area (Å²) in [4.78, 5) is 41.9. The van der Waals surface area contributed by atoms with E-state index < -0.39 is 36.5 Å². The monoisotopic (exact) mass is 435 g/mol. The maximum Gasteiger partial charge on any atom is 0.508 e. The zero-order valence-corrected chi connectivity index (χ0v) is 16.3. The van der Waals surface area contributed by atoms with E-state index >= 15 is 0 Å². The van der Waals surface area contributed by atoms with Crippen LogP contribution in [0.4, 0.5) is 9.59 Å². The summed E-state index contributed by atoms with van der Waals surface area (Å²) >= 11 is 0. The predicted molar refractivity (Wildman–Crippen MR) is 74.3 cm³/mol. The fraction of sp³-hybridized carbons (Fsp3) is 0.571. The molecule has 0 spiro atoms. The Morgan fingerprint density at radius 2 is 1.24 bits per heavy atom. The molecule has 139 valence electrons. The first-order valence-corrected chi connectivity index (χ1v) is 7.01. The molecule has 11 heteroatoms. The number of hydrogen-bond acceptors (Lipinski definition) is 10. The van der Waals surface area contributed by atoms with Crippen LogP contribution in [-0.2, 0) is 70.7 Å². The van der Waals surface area contributed by atoms with Gasteiger partial charge in [0.15, 0.2) is 12.2 Å². The summed E-state index contributed by atoms with van der Waals surface area (Å²) in [5, 5.41) is 0. The Morgan fingerprint density at radius 3 is 1.48 bits per heavy atom. The Morgan fingerprint density at radius 1 is 0.880 bits per heavy atom. The number of ether oxygens (including phenoxy) is 6. The average molecular weight is 435 g/mol. The Hall–Kier alpha value is -1.42. The Bertz CT molecular complexity index is 425. The van der Waals surface area contributed by atoms with Crippen LogP contribution in [0.3, 0.4) is 0 Å². The van der Waals surface area contributed by atoms with E-state index in [0.717, 1.165) is 0 Å². The van der Waals surface area contributed by atoms with Crippen LogP contribution in [0, 0.1) is 13.8 Å². The number of carbonyl (C=O) groups is 4. The van der Waals surface area contributed by atoms with Crippen LogP contribution in [0.25, 0.3) is 0 Å². The summed E-state index contributed by atoms with van der Waals surface area (Å²) in [7, 11) is 0. The van der Waals surface area contributed by atoms with Gasteiger partial charge in [0.2, 0.25) is 0 Å². The molecule has 0 bridgehead atoms. The number of rotatable bonds is 6. The second kappa shape index (κ2) is 12.9. The SMILES string of the molecule is [CH2-]CC(=O)OCC1COC(=O)O1.[CH2-]CC(=O)OCC1COC(=O)O1.[Y]. The van der Waals surface area contributed by atoms with Crippen molar-refractivity contribution in [1.29, 1.82) is 0 Å². The molecule has 25 heavy (non-hydrogen) atoms. The molecule has 2 rings (SSSR count). The minimum atomic E-state index is -0.717. The number of esters is 2. The van der Waals surface area contributed by atoms with E-state index in [4.69, 9.17) is 0 Å². The maximum atomic E-state index is 10.6. The second-order valence-electron chi connectivity index (χ2n) is 4.47. The van der Waals surface area contributed by atoms with Gasteiger partial charge in [0.25, 0.3) is 11.9 Å². The van der Waals surface area contributed by atoms with Crippen molar-refractivity contribution in [2.45, 2.75) is 25.0 Å². The van der Waals surface area contributed by atoms with Crippen LogP contribution < -0.4 is 0 Å². The van der Waals surface area contributed by atoms with E-state index in [2.05, 4.69) is 42.3 Å². The van der Waals surface area contributed by atoms with Gasteiger partial charge in [-0.2, -0.15) is 0 Å². The van der Waals surface area contributed by atoms with E-state index in [1.807, 2.05) is 0 Å². The largest absolute Gasteiger partial charge is 0.508 e. The van der Waals surface area contributed by atoms with Crippen molar-refractivity contribution in [1.82, 2.24) is 0 Å². The van der Waals surface area contributed by atoms with Crippen molar-refractivity contribution < 1.29 is 80.3 Å². The summed E-state index contributed by atoms with van der Waals surface area (Å²) in [6.45, 7) is 7.03. The molecule has 2 unspecified atom stereocenters. The van der Waals surface area contributed by atoms with E-state index in [1.165, 1.54) is 0 Å². The smallest absolute Gasteiger partial charge is 0.463 e. The van der Waals surface area contributed by atoms with Crippen LogP contribution in [0.5, 0.6) is 0 Å². The standard InChI is InChI=1S/2C7H9O5.Y/c2*1-2-6(8)10-3-5-4-11-7(9)12-5;/h2*5H,1-4H2;/q2*-1;. The van der Waals surface area contributed by atoms with Crippen LogP contribution in [0.1, 0.15) is 12.8 Å². The normalized spacial score (nSPS) is 20.6. The van der Waals surface area contributed by atoms with E-state index in [9.17, 15) is 19.2 Å². The van der Waals surface area contributed by atoms with Crippen molar-refractivity contribution in [2.24, 2.45) is 0 Å². The van der Waals surface area contributed by atoms with Gasteiger partial charge in [-0.15, -0.1) is 0 Å². The molecule has 2 heterocycles. The summed E-state index contributed by atoms with van der Waals surface area (Å²) in [6, 6.07) is 0. The maximum absolute atomic E-state index is 10.6. The quantitative estimate of drug-likeness (QED) is 0.332. The van der Waals surface area contributed by atoms with Crippen molar-refractivity contribution in [3.63, 3.8) is 0 Å². The molecule has 10 nitrogen and oxygen atoms in total. The van der Waals surface area contributed by atoms with Crippen molar-refractivity contribution in [2.75, 3.05) is 26.4 Å². The van der Waals surface area contributed by atoms with Gasteiger partial charge in [-0.05, 0) is 0 Å². The average Bonchev–Trinajstić information content (AvgIpc) is 3.19. The van der Waals surface area contributed by atoms with Gasteiger partial charge in [-0.3, -0.25) is 9.59 Å². The molecule has 0 aliphatic carbocycles. The first kappa shape index (κ1) is 23.6. The van der Waals surface area contributed by atoms with Crippen molar-refractivity contribution in [3.05, 3.63) is 13.8 Å². The molecule has 0 saturated carbocycles.